The fourth-order valence-electron chi connectivity index (χ4n) is 1.72. The van der Waals surface area contributed by atoms with Gasteiger partial charge in [0.2, 0.25) is 0 Å². The van der Waals surface area contributed by atoms with Crippen molar-refractivity contribution in [3.63, 3.8) is 0 Å². The molecule has 0 saturated carbocycles. The summed E-state index contributed by atoms with van der Waals surface area (Å²) >= 11 is 0. The Labute approximate surface area is 117 Å². The van der Waals surface area contributed by atoms with Crippen LogP contribution in [0.15, 0.2) is 36.7 Å². The number of imidazole rings is 1. The van der Waals surface area contributed by atoms with Crippen LogP contribution < -0.4 is 15.8 Å². The summed E-state index contributed by atoms with van der Waals surface area (Å²) in [4.78, 5) is 18.7. The van der Waals surface area contributed by atoms with E-state index in [0.717, 1.165) is 18.7 Å². The van der Waals surface area contributed by atoms with Gasteiger partial charge in [-0.15, -0.1) is 0 Å². The van der Waals surface area contributed by atoms with Crippen molar-refractivity contribution >= 4 is 11.6 Å². The summed E-state index contributed by atoms with van der Waals surface area (Å²) in [6.07, 6.45) is 5.13. The van der Waals surface area contributed by atoms with Gasteiger partial charge in [0.15, 0.2) is 6.61 Å². The predicted octanol–water partition coefficient (Wildman–Crippen LogP) is 1.12. The van der Waals surface area contributed by atoms with Crippen LogP contribution in [0.25, 0.3) is 0 Å². The number of carbonyl (C=O) groups is 1. The number of amides is 1. The van der Waals surface area contributed by atoms with Gasteiger partial charge in [0, 0.05) is 25.4 Å². The van der Waals surface area contributed by atoms with Crippen LogP contribution in [-0.4, -0.2) is 29.0 Å². The van der Waals surface area contributed by atoms with Gasteiger partial charge in [-0.2, -0.15) is 0 Å². The normalized spacial score (nSPS) is 10.2. The van der Waals surface area contributed by atoms with Crippen molar-refractivity contribution in [2.75, 3.05) is 18.9 Å². The lowest BCUT2D eigenvalue weighted by atomic mass is 10.3. The number of para-hydroxylation sites is 2. The Morgan fingerprint density at radius 1 is 1.40 bits per heavy atom. The summed E-state index contributed by atoms with van der Waals surface area (Å²) < 4.78 is 5.35. The monoisotopic (exact) mass is 274 g/mol. The second kappa shape index (κ2) is 7.18. The first-order valence-electron chi connectivity index (χ1n) is 6.48. The molecule has 20 heavy (non-hydrogen) atoms. The van der Waals surface area contributed by atoms with Crippen LogP contribution in [-0.2, 0) is 11.2 Å². The van der Waals surface area contributed by atoms with Crippen molar-refractivity contribution in [1.29, 1.82) is 0 Å². The molecule has 1 aromatic heterocycles. The van der Waals surface area contributed by atoms with Gasteiger partial charge >= 0.3 is 0 Å². The van der Waals surface area contributed by atoms with Crippen molar-refractivity contribution in [1.82, 2.24) is 15.3 Å². The highest BCUT2D eigenvalue weighted by molar-refractivity contribution is 5.77. The third-order valence-electron chi connectivity index (χ3n) is 2.75. The van der Waals surface area contributed by atoms with Crippen molar-refractivity contribution in [2.45, 2.75) is 12.8 Å². The van der Waals surface area contributed by atoms with E-state index in [1.54, 1.807) is 24.5 Å². The minimum atomic E-state index is -0.160. The van der Waals surface area contributed by atoms with Crippen molar-refractivity contribution in [2.24, 2.45) is 0 Å². The number of nitrogens with zero attached hydrogens (tertiary/aromatic N) is 1. The average Bonchev–Trinajstić information content (AvgIpc) is 2.96. The van der Waals surface area contributed by atoms with E-state index in [1.165, 1.54) is 0 Å². The Morgan fingerprint density at radius 2 is 2.25 bits per heavy atom. The summed E-state index contributed by atoms with van der Waals surface area (Å²) in [5, 5.41) is 2.79. The zero-order valence-electron chi connectivity index (χ0n) is 11.1. The third kappa shape index (κ3) is 4.31. The van der Waals surface area contributed by atoms with Crippen LogP contribution in [0.4, 0.5) is 5.69 Å². The summed E-state index contributed by atoms with van der Waals surface area (Å²) in [6, 6.07) is 7.10. The molecule has 4 N–H and O–H groups in total. The fourth-order valence-corrected chi connectivity index (χ4v) is 1.72. The van der Waals surface area contributed by atoms with E-state index < -0.39 is 0 Å². The summed E-state index contributed by atoms with van der Waals surface area (Å²) in [7, 11) is 0. The van der Waals surface area contributed by atoms with E-state index in [2.05, 4.69) is 15.3 Å². The zero-order chi connectivity index (χ0) is 14.2. The highest BCUT2D eigenvalue weighted by atomic mass is 16.5. The molecule has 2 aromatic rings. The largest absolute Gasteiger partial charge is 0.482 e. The number of hydrogen-bond acceptors (Lipinski definition) is 4. The number of aryl methyl sites for hydroxylation is 1. The van der Waals surface area contributed by atoms with E-state index in [9.17, 15) is 4.79 Å². The maximum Gasteiger partial charge on any atom is 0.257 e. The van der Waals surface area contributed by atoms with Crippen LogP contribution in [0.5, 0.6) is 5.75 Å². The van der Waals surface area contributed by atoms with Gasteiger partial charge in [-0.05, 0) is 18.6 Å². The second-order valence-corrected chi connectivity index (χ2v) is 4.32. The lowest BCUT2D eigenvalue weighted by Gasteiger charge is -2.08. The highest BCUT2D eigenvalue weighted by Crippen LogP contribution is 2.19. The number of hydrogen-bond donors (Lipinski definition) is 3. The lowest BCUT2D eigenvalue weighted by molar-refractivity contribution is -0.123. The molecule has 0 radical (unpaired) electrons. The van der Waals surface area contributed by atoms with Gasteiger partial charge in [0.05, 0.1) is 5.69 Å². The van der Waals surface area contributed by atoms with E-state index in [1.807, 2.05) is 12.1 Å². The van der Waals surface area contributed by atoms with Crippen LogP contribution in [0.1, 0.15) is 12.2 Å². The molecular weight excluding hydrogens is 256 g/mol. The maximum absolute atomic E-state index is 11.6. The van der Waals surface area contributed by atoms with E-state index >= 15 is 0 Å². The second-order valence-electron chi connectivity index (χ2n) is 4.32. The molecule has 1 heterocycles. The van der Waals surface area contributed by atoms with Gasteiger partial charge < -0.3 is 20.8 Å². The van der Waals surface area contributed by atoms with E-state index in [0.29, 0.717) is 18.0 Å². The maximum atomic E-state index is 11.6. The van der Waals surface area contributed by atoms with Crippen LogP contribution in [0, 0.1) is 0 Å². The molecular formula is C14H18N4O2. The molecule has 1 amide bonds. The summed E-state index contributed by atoms with van der Waals surface area (Å²) in [6.45, 7) is 0.558. The number of aromatic amines is 1. The quantitative estimate of drug-likeness (QED) is 0.521. The summed E-state index contributed by atoms with van der Waals surface area (Å²) in [5.41, 5.74) is 6.24. The van der Waals surface area contributed by atoms with Crippen LogP contribution in [0.3, 0.4) is 0 Å². The molecule has 0 unspecified atom stereocenters. The Morgan fingerprint density at radius 3 is 3.00 bits per heavy atom. The first-order valence-corrected chi connectivity index (χ1v) is 6.48. The number of aromatic nitrogens is 2. The number of nitrogen functional groups attached to an aromatic ring is 1. The number of carbonyl (C=O) groups excluding carboxylic acids is 1. The standard InChI is InChI=1S/C14H18N4O2/c15-11-4-1-2-5-12(11)20-10-14(19)18-7-3-6-13-16-8-9-17-13/h1-2,4-5,8-9H,3,6-7,10,15H2,(H,16,17)(H,18,19). The SMILES string of the molecule is Nc1ccccc1OCC(=O)NCCCc1ncc[nH]1. The van der Waals surface area contributed by atoms with Crippen molar-refractivity contribution in [3.8, 4) is 5.75 Å². The molecule has 106 valence electrons. The van der Waals surface area contributed by atoms with Crippen molar-refractivity contribution in [3.05, 3.63) is 42.5 Å². The molecule has 0 fully saturated rings. The van der Waals surface area contributed by atoms with E-state index in [4.69, 9.17) is 10.5 Å². The number of nitrogens with one attached hydrogen (secondary N) is 2. The molecule has 0 aliphatic rings. The molecule has 0 spiro atoms. The molecule has 0 saturated heterocycles. The fraction of sp³-hybridized carbons (Fsp3) is 0.286. The number of ether oxygens (including phenoxy) is 1. The zero-order valence-corrected chi connectivity index (χ0v) is 11.1. The summed E-state index contributed by atoms with van der Waals surface area (Å²) in [5.74, 6) is 1.29. The van der Waals surface area contributed by atoms with Gasteiger partial charge in [0.1, 0.15) is 11.6 Å². The molecule has 2 rings (SSSR count). The van der Waals surface area contributed by atoms with E-state index in [-0.39, 0.29) is 12.5 Å². The van der Waals surface area contributed by atoms with Crippen LogP contribution in [0.2, 0.25) is 0 Å². The van der Waals surface area contributed by atoms with Gasteiger partial charge in [0.25, 0.3) is 5.91 Å². The van der Waals surface area contributed by atoms with Gasteiger partial charge in [-0.25, -0.2) is 4.98 Å². The topological polar surface area (TPSA) is 93.0 Å². The molecule has 6 nitrogen and oxygen atoms in total. The Hall–Kier alpha value is -2.50. The lowest BCUT2D eigenvalue weighted by Crippen LogP contribution is -2.30. The molecule has 6 heteroatoms. The Balaban J connectivity index is 1.62. The van der Waals surface area contributed by atoms with Gasteiger partial charge in [-0.3, -0.25) is 4.79 Å². The van der Waals surface area contributed by atoms with Crippen molar-refractivity contribution < 1.29 is 9.53 Å². The first-order chi connectivity index (χ1) is 9.75. The number of rotatable bonds is 7. The molecule has 0 atom stereocenters. The molecule has 0 bridgehead atoms. The smallest absolute Gasteiger partial charge is 0.257 e. The minimum Gasteiger partial charge on any atom is -0.482 e. The number of H-pyrrole nitrogens is 1. The number of nitrogens with two attached hydrogens (primary N) is 1. The third-order valence-corrected chi connectivity index (χ3v) is 2.75. The number of benzene rings is 1. The Bertz CT molecular complexity index is 540. The molecule has 0 aliphatic carbocycles. The molecule has 1 aromatic carbocycles. The van der Waals surface area contributed by atoms with Gasteiger partial charge in [-0.1, -0.05) is 12.1 Å². The van der Waals surface area contributed by atoms with Crippen LogP contribution >= 0.6 is 0 Å². The minimum absolute atomic E-state index is 0.0328. The highest BCUT2D eigenvalue weighted by Gasteiger charge is 2.04. The first kappa shape index (κ1) is 13.9. The Kier molecular flexibility index (Phi) is 5.00. The predicted molar refractivity (Wildman–Crippen MR) is 76.3 cm³/mol. The number of anilines is 1. The molecule has 0 aliphatic heterocycles. The average molecular weight is 274 g/mol.